The van der Waals surface area contributed by atoms with Crippen molar-refractivity contribution in [3.63, 3.8) is 0 Å². The van der Waals surface area contributed by atoms with Crippen LogP contribution in [0, 0.1) is 13.8 Å². The summed E-state index contributed by atoms with van der Waals surface area (Å²) in [5.41, 5.74) is 12.4. The summed E-state index contributed by atoms with van der Waals surface area (Å²) in [5.74, 6) is 3.22. The molecule has 1 heterocycles. The fourth-order valence-corrected chi connectivity index (χ4v) is 7.97. The van der Waals surface area contributed by atoms with E-state index in [0.717, 1.165) is 101 Å². The second kappa shape index (κ2) is 19.1. The van der Waals surface area contributed by atoms with Gasteiger partial charge in [-0.15, -0.1) is 0 Å². The Morgan fingerprint density at radius 3 is 1.90 bits per heavy atom. The average molecular weight is 775 g/mol. The van der Waals surface area contributed by atoms with Crippen LogP contribution in [-0.2, 0) is 18.0 Å². The largest absolute Gasteiger partial charge is 0.497 e. The summed E-state index contributed by atoms with van der Waals surface area (Å²) in [4.78, 5) is 4.88. The minimum Gasteiger partial charge on any atom is -0.497 e. The minimum atomic E-state index is -0.0981. The highest BCUT2D eigenvalue weighted by molar-refractivity contribution is 5.85. The first kappa shape index (κ1) is 40.5. The van der Waals surface area contributed by atoms with Gasteiger partial charge >= 0.3 is 0 Å². The molecule has 1 unspecified atom stereocenters. The zero-order valence-corrected chi connectivity index (χ0v) is 35.1. The molecule has 6 aromatic carbocycles. The van der Waals surface area contributed by atoms with Gasteiger partial charge in [0.05, 0.1) is 32.6 Å². The lowest BCUT2D eigenvalue weighted by Crippen LogP contribution is -2.26. The summed E-state index contributed by atoms with van der Waals surface area (Å²) in [7, 11) is 1.69. The van der Waals surface area contributed by atoms with Gasteiger partial charge in [-0.25, -0.2) is 0 Å². The molecule has 1 atom stereocenters. The van der Waals surface area contributed by atoms with E-state index in [0.29, 0.717) is 19.8 Å². The summed E-state index contributed by atoms with van der Waals surface area (Å²) < 4.78 is 25.2. The predicted octanol–water partition coefficient (Wildman–Crippen LogP) is 13.6. The molecule has 0 radical (unpaired) electrons. The first-order valence-electron chi connectivity index (χ1n) is 21.0. The van der Waals surface area contributed by atoms with Gasteiger partial charge in [0.1, 0.15) is 23.0 Å². The van der Waals surface area contributed by atoms with Gasteiger partial charge in [0.15, 0.2) is 0 Å². The Kier molecular flexibility index (Phi) is 13.4. The quantitative estimate of drug-likeness (QED) is 0.0865. The number of anilines is 4. The van der Waals surface area contributed by atoms with Crippen molar-refractivity contribution in [3.8, 4) is 23.0 Å². The maximum Gasteiger partial charge on any atom is 0.147 e. The van der Waals surface area contributed by atoms with Crippen molar-refractivity contribution in [1.29, 1.82) is 0 Å². The van der Waals surface area contributed by atoms with Crippen LogP contribution in [0.3, 0.4) is 0 Å². The number of nitrogens with zero attached hydrogens (tertiary/aromatic N) is 2. The lowest BCUT2D eigenvalue weighted by atomic mass is 9.81. The molecule has 0 fully saturated rings. The number of ether oxygens (including phenoxy) is 4. The van der Waals surface area contributed by atoms with Crippen molar-refractivity contribution in [2.45, 2.75) is 79.4 Å². The number of rotatable bonds is 18. The van der Waals surface area contributed by atoms with Crippen LogP contribution >= 0.6 is 0 Å². The monoisotopic (exact) mass is 774 g/mol. The SMILES string of the molecule is CCCCN(CCCC)c1ccc2c(c1)Oc1cc(OCC)c(N(c3ccccc3C)c3ccccc3C)cc1C2c1cccc(COCc2ccc(OC)cc2)c1. The fraction of sp³-hybridized carbons (Fsp3) is 0.308. The summed E-state index contributed by atoms with van der Waals surface area (Å²) in [6, 6.07) is 45.4. The minimum absolute atomic E-state index is 0.0981. The second-order valence-electron chi connectivity index (χ2n) is 15.2. The number of hydrogen-bond acceptors (Lipinski definition) is 6. The van der Waals surface area contributed by atoms with Gasteiger partial charge in [-0.3, -0.25) is 0 Å². The average Bonchev–Trinajstić information content (AvgIpc) is 3.24. The number of hydrogen-bond donors (Lipinski definition) is 0. The number of unbranched alkanes of at least 4 members (excludes halogenated alkanes) is 2. The summed E-state index contributed by atoms with van der Waals surface area (Å²) in [6.45, 7) is 14.5. The molecule has 6 heteroatoms. The van der Waals surface area contributed by atoms with E-state index >= 15 is 0 Å². The number of fused-ring (bicyclic) bond motifs is 2. The summed E-state index contributed by atoms with van der Waals surface area (Å²) in [6.07, 6.45) is 4.62. The van der Waals surface area contributed by atoms with Crippen molar-refractivity contribution in [1.82, 2.24) is 0 Å². The summed E-state index contributed by atoms with van der Waals surface area (Å²) >= 11 is 0. The fourth-order valence-electron chi connectivity index (χ4n) is 7.97. The van der Waals surface area contributed by atoms with E-state index in [-0.39, 0.29) is 5.92 Å². The standard InChI is InChI=1S/C52H58N2O4/c1-7-10-29-53(30-11-8-2)42-25-28-44-49(32-42)58-50-34-51(57-9-3)48(54(46-21-14-12-17-37(46)4)47-22-15-13-18-38(47)5)33-45(50)52(44)41-20-16-19-40(31-41)36-56-35-39-23-26-43(55-6)27-24-39/h12-28,31-34,52H,7-11,29-30,35-36H2,1-6H3. The Morgan fingerprint density at radius 1 is 0.603 bits per heavy atom. The molecule has 1 aliphatic heterocycles. The van der Waals surface area contributed by atoms with E-state index in [1.165, 1.54) is 22.4 Å². The van der Waals surface area contributed by atoms with Crippen LogP contribution in [-0.4, -0.2) is 26.8 Å². The molecule has 0 aromatic heterocycles. The van der Waals surface area contributed by atoms with E-state index in [1.807, 2.05) is 19.1 Å². The number of para-hydroxylation sites is 2. The topological polar surface area (TPSA) is 43.4 Å². The van der Waals surface area contributed by atoms with Gasteiger partial charge in [-0.2, -0.15) is 0 Å². The molecular weight excluding hydrogens is 717 g/mol. The van der Waals surface area contributed by atoms with Crippen LogP contribution < -0.4 is 24.0 Å². The lowest BCUT2D eigenvalue weighted by molar-refractivity contribution is 0.107. The van der Waals surface area contributed by atoms with E-state index in [1.54, 1.807) is 7.11 Å². The van der Waals surface area contributed by atoms with E-state index in [9.17, 15) is 0 Å². The highest BCUT2D eigenvalue weighted by atomic mass is 16.5. The second-order valence-corrected chi connectivity index (χ2v) is 15.2. The maximum absolute atomic E-state index is 7.01. The van der Waals surface area contributed by atoms with Gasteiger partial charge in [0, 0.05) is 59.3 Å². The molecule has 6 aromatic rings. The van der Waals surface area contributed by atoms with Crippen molar-refractivity contribution in [3.05, 3.63) is 166 Å². The highest BCUT2D eigenvalue weighted by Gasteiger charge is 2.33. The summed E-state index contributed by atoms with van der Waals surface area (Å²) in [5, 5.41) is 0. The van der Waals surface area contributed by atoms with Gasteiger partial charge in [-0.05, 0) is 97.8 Å². The normalized spacial score (nSPS) is 13.0. The molecular formula is C52H58N2O4. The highest BCUT2D eigenvalue weighted by Crippen LogP contribution is 2.53. The maximum atomic E-state index is 7.01. The molecule has 0 N–H and O–H groups in total. The van der Waals surface area contributed by atoms with Crippen LogP contribution in [0.2, 0.25) is 0 Å². The Balaban J connectivity index is 1.35. The Bertz CT molecular complexity index is 2230. The molecule has 0 aliphatic carbocycles. The Labute approximate surface area is 346 Å². The zero-order chi connectivity index (χ0) is 40.4. The molecule has 300 valence electrons. The van der Waals surface area contributed by atoms with Crippen LogP contribution in [0.25, 0.3) is 0 Å². The van der Waals surface area contributed by atoms with Crippen LogP contribution in [0.15, 0.2) is 127 Å². The van der Waals surface area contributed by atoms with Gasteiger partial charge in [0.25, 0.3) is 0 Å². The molecule has 0 spiro atoms. The van der Waals surface area contributed by atoms with E-state index < -0.39 is 0 Å². The number of methoxy groups -OCH3 is 1. The number of benzene rings is 6. The van der Waals surface area contributed by atoms with Crippen molar-refractivity contribution < 1.29 is 18.9 Å². The Hall–Kier alpha value is -5.72. The van der Waals surface area contributed by atoms with Gasteiger partial charge < -0.3 is 28.7 Å². The van der Waals surface area contributed by atoms with Crippen LogP contribution in [0.5, 0.6) is 23.0 Å². The van der Waals surface area contributed by atoms with Crippen molar-refractivity contribution in [2.24, 2.45) is 0 Å². The van der Waals surface area contributed by atoms with Gasteiger partial charge in [-0.1, -0.05) is 106 Å². The first-order valence-corrected chi connectivity index (χ1v) is 21.0. The smallest absolute Gasteiger partial charge is 0.147 e. The van der Waals surface area contributed by atoms with Gasteiger partial charge in [0.2, 0.25) is 0 Å². The molecule has 7 rings (SSSR count). The number of aryl methyl sites for hydroxylation is 2. The molecule has 0 amide bonds. The van der Waals surface area contributed by atoms with Crippen LogP contribution in [0.1, 0.15) is 91.3 Å². The van der Waals surface area contributed by atoms with E-state index in [4.69, 9.17) is 18.9 Å². The molecule has 0 saturated carbocycles. The molecule has 0 saturated heterocycles. The molecule has 1 aliphatic rings. The zero-order valence-electron chi connectivity index (χ0n) is 35.1. The van der Waals surface area contributed by atoms with Crippen LogP contribution in [0.4, 0.5) is 22.7 Å². The van der Waals surface area contributed by atoms with Crippen molar-refractivity contribution >= 4 is 22.7 Å². The first-order chi connectivity index (χ1) is 28.4. The third kappa shape index (κ3) is 9.03. The van der Waals surface area contributed by atoms with E-state index in [2.05, 4.69) is 153 Å². The molecule has 58 heavy (non-hydrogen) atoms. The lowest BCUT2D eigenvalue weighted by Gasteiger charge is -2.34. The third-order valence-electron chi connectivity index (χ3n) is 11.1. The predicted molar refractivity (Wildman–Crippen MR) is 239 cm³/mol. The van der Waals surface area contributed by atoms with Crippen molar-refractivity contribution in [2.75, 3.05) is 36.6 Å². The molecule has 0 bridgehead atoms. The molecule has 6 nitrogen and oxygen atoms in total. The third-order valence-corrected chi connectivity index (χ3v) is 11.1. The Morgan fingerprint density at radius 2 is 1.26 bits per heavy atom.